The van der Waals surface area contributed by atoms with Gasteiger partial charge in [0.1, 0.15) is 6.10 Å². The number of ether oxygens (including phenoxy) is 2. The number of carbonyl (C=O) groups excluding carboxylic acids is 2. The quantitative estimate of drug-likeness (QED) is 0.363. The van der Waals surface area contributed by atoms with Crippen LogP contribution in [0.4, 0.5) is 0 Å². The fraction of sp³-hybridized carbons (Fsp3) is 0.824. The summed E-state index contributed by atoms with van der Waals surface area (Å²) in [6.07, 6.45) is 10.9. The lowest BCUT2D eigenvalue weighted by atomic mass is 9.35. The van der Waals surface area contributed by atoms with Crippen LogP contribution in [0.15, 0.2) is 23.3 Å². The minimum atomic E-state index is -1.70. The van der Waals surface area contributed by atoms with Crippen molar-refractivity contribution >= 4 is 11.9 Å². The molecule has 0 saturated heterocycles. The van der Waals surface area contributed by atoms with Crippen molar-refractivity contribution in [3.05, 3.63) is 23.3 Å². The summed E-state index contributed by atoms with van der Waals surface area (Å²) in [5.41, 5.74) is 0.403. The van der Waals surface area contributed by atoms with Gasteiger partial charge in [-0.05, 0) is 78.4 Å². The maximum Gasteiger partial charge on any atom is 0.338 e. The Morgan fingerprint density at radius 1 is 1.10 bits per heavy atom. The van der Waals surface area contributed by atoms with E-state index in [9.17, 15) is 19.8 Å². The van der Waals surface area contributed by atoms with Crippen LogP contribution in [-0.2, 0) is 19.1 Å². The van der Waals surface area contributed by atoms with E-state index in [-0.39, 0.29) is 29.1 Å². The number of aliphatic hydroxyl groups is 2. The highest BCUT2D eigenvalue weighted by Gasteiger charge is 2.70. The first kappa shape index (κ1) is 29.8. The highest BCUT2D eigenvalue weighted by Crippen LogP contribution is 2.73. The standard InChI is InChI=1S/C34H52O6/c1-9-30(4)14-10-15-31(5)23(30)13-16-32(6)24-12-11-22-28(29(37)40-34(22,8)38)33(24,7)26(19-25(31)32)39-27(36)18-21(35)17-20(2)3/h11-12,20-21,23-26,35,38H,9-10,13-19H2,1-8H3. The number of hydrogen-bond acceptors (Lipinski definition) is 6. The molecule has 0 bridgehead atoms. The maximum atomic E-state index is 13.4. The number of cyclic esters (lactones) is 1. The second-order valence-electron chi connectivity index (χ2n) is 15.5. The number of esters is 2. The Morgan fingerprint density at radius 2 is 1.80 bits per heavy atom. The zero-order valence-corrected chi connectivity index (χ0v) is 26.0. The molecular formula is C34H52O6. The van der Waals surface area contributed by atoms with Crippen LogP contribution in [0.3, 0.4) is 0 Å². The smallest absolute Gasteiger partial charge is 0.338 e. The molecule has 1 heterocycles. The normalized spacial score (nSPS) is 46.7. The van der Waals surface area contributed by atoms with Crippen LogP contribution in [-0.4, -0.2) is 40.1 Å². The SMILES string of the molecule is CCC1(C)CCCC2(C)C1CCC1(C)C2CC(OC(=O)CC(O)CC(C)C)C2(C)C3=C(C=CC12)C(C)(O)OC3=O. The summed E-state index contributed by atoms with van der Waals surface area (Å²) in [4.78, 5) is 26.8. The first-order chi connectivity index (χ1) is 18.5. The van der Waals surface area contributed by atoms with E-state index in [1.807, 2.05) is 19.9 Å². The zero-order chi connectivity index (χ0) is 29.5. The summed E-state index contributed by atoms with van der Waals surface area (Å²) in [6, 6.07) is 0. The molecule has 40 heavy (non-hydrogen) atoms. The topological polar surface area (TPSA) is 93.1 Å². The van der Waals surface area contributed by atoms with Crippen molar-refractivity contribution in [3.63, 3.8) is 0 Å². The van der Waals surface area contributed by atoms with Gasteiger partial charge in [0.15, 0.2) is 0 Å². The van der Waals surface area contributed by atoms with Gasteiger partial charge < -0.3 is 19.7 Å². The molecule has 4 aliphatic carbocycles. The first-order valence-electron chi connectivity index (χ1n) is 15.8. The van der Waals surface area contributed by atoms with Crippen LogP contribution in [0.1, 0.15) is 113 Å². The summed E-state index contributed by atoms with van der Waals surface area (Å²) in [6.45, 7) is 17.3. The summed E-state index contributed by atoms with van der Waals surface area (Å²) >= 11 is 0. The third-order valence-electron chi connectivity index (χ3n) is 12.6. The summed E-state index contributed by atoms with van der Waals surface area (Å²) in [5, 5.41) is 21.6. The number of aliphatic hydroxyl groups excluding tert-OH is 1. The lowest BCUT2D eigenvalue weighted by Crippen LogP contribution is -2.65. The Kier molecular flexibility index (Phi) is 7.22. The van der Waals surface area contributed by atoms with Crippen LogP contribution >= 0.6 is 0 Å². The Balaban J connectivity index is 1.58. The maximum absolute atomic E-state index is 13.4. The van der Waals surface area contributed by atoms with Gasteiger partial charge in [0, 0.05) is 17.9 Å². The van der Waals surface area contributed by atoms with Crippen LogP contribution in [0.5, 0.6) is 0 Å². The molecule has 0 radical (unpaired) electrons. The van der Waals surface area contributed by atoms with Gasteiger partial charge in [0.05, 0.1) is 18.1 Å². The van der Waals surface area contributed by atoms with E-state index >= 15 is 0 Å². The van der Waals surface area contributed by atoms with Gasteiger partial charge in [0.25, 0.3) is 0 Å². The second-order valence-corrected chi connectivity index (χ2v) is 15.5. The van der Waals surface area contributed by atoms with Crippen molar-refractivity contribution in [2.24, 2.45) is 45.3 Å². The average Bonchev–Trinajstić information content (AvgIpc) is 3.08. The lowest BCUT2D eigenvalue weighted by Gasteiger charge is -2.69. The molecule has 6 nitrogen and oxygen atoms in total. The van der Waals surface area contributed by atoms with Gasteiger partial charge in [0.2, 0.25) is 5.79 Å². The minimum Gasteiger partial charge on any atom is -0.461 e. The van der Waals surface area contributed by atoms with Crippen molar-refractivity contribution < 1.29 is 29.3 Å². The van der Waals surface area contributed by atoms with Gasteiger partial charge in [-0.2, -0.15) is 0 Å². The van der Waals surface area contributed by atoms with E-state index in [1.165, 1.54) is 32.6 Å². The van der Waals surface area contributed by atoms with Crippen molar-refractivity contribution in [2.45, 2.75) is 131 Å². The Morgan fingerprint density at radius 3 is 2.45 bits per heavy atom. The van der Waals surface area contributed by atoms with Crippen LogP contribution < -0.4 is 0 Å². The Labute approximate surface area is 241 Å². The lowest BCUT2D eigenvalue weighted by molar-refractivity contribution is -0.218. The zero-order valence-electron chi connectivity index (χ0n) is 26.0. The monoisotopic (exact) mass is 556 g/mol. The summed E-state index contributed by atoms with van der Waals surface area (Å²) in [5.74, 6) is -1.51. The summed E-state index contributed by atoms with van der Waals surface area (Å²) in [7, 11) is 0. The molecule has 1 aliphatic heterocycles. The first-order valence-corrected chi connectivity index (χ1v) is 15.8. The van der Waals surface area contributed by atoms with Crippen LogP contribution in [0.25, 0.3) is 0 Å². The fourth-order valence-electron chi connectivity index (χ4n) is 10.7. The van der Waals surface area contributed by atoms with Crippen molar-refractivity contribution in [1.29, 1.82) is 0 Å². The summed E-state index contributed by atoms with van der Waals surface area (Å²) < 4.78 is 11.9. The molecule has 0 spiro atoms. The number of fused-ring (bicyclic) bond motifs is 6. The Hall–Kier alpha value is -1.66. The third kappa shape index (κ3) is 4.25. The molecule has 0 amide bonds. The molecular weight excluding hydrogens is 504 g/mol. The molecule has 5 aliphatic rings. The molecule has 0 aromatic heterocycles. The highest BCUT2D eigenvalue weighted by atomic mass is 16.7. The third-order valence-corrected chi connectivity index (χ3v) is 12.6. The van der Waals surface area contributed by atoms with E-state index in [0.717, 1.165) is 12.8 Å². The van der Waals surface area contributed by atoms with E-state index in [2.05, 4.69) is 40.7 Å². The minimum absolute atomic E-state index is 0.0510. The van der Waals surface area contributed by atoms with Gasteiger partial charge in [-0.1, -0.05) is 73.5 Å². The van der Waals surface area contributed by atoms with Gasteiger partial charge in [-0.25, -0.2) is 4.79 Å². The largest absolute Gasteiger partial charge is 0.461 e. The predicted molar refractivity (Wildman–Crippen MR) is 154 cm³/mol. The molecule has 2 N–H and O–H groups in total. The molecule has 224 valence electrons. The number of rotatable bonds is 6. The molecule has 10 atom stereocenters. The van der Waals surface area contributed by atoms with Gasteiger partial charge in [-0.3, -0.25) is 4.79 Å². The van der Waals surface area contributed by atoms with Gasteiger partial charge >= 0.3 is 11.9 Å². The predicted octanol–water partition coefficient (Wildman–Crippen LogP) is 6.49. The number of hydrogen-bond donors (Lipinski definition) is 2. The molecule has 3 fully saturated rings. The van der Waals surface area contributed by atoms with E-state index in [4.69, 9.17) is 9.47 Å². The Bertz CT molecular complexity index is 1120. The van der Waals surface area contributed by atoms with Gasteiger partial charge in [-0.15, -0.1) is 0 Å². The number of carbonyl (C=O) groups is 2. The second kappa shape index (κ2) is 9.69. The van der Waals surface area contributed by atoms with E-state index < -0.39 is 35.3 Å². The van der Waals surface area contributed by atoms with Crippen molar-refractivity contribution in [2.75, 3.05) is 0 Å². The molecule has 10 unspecified atom stereocenters. The fourth-order valence-corrected chi connectivity index (χ4v) is 10.7. The van der Waals surface area contributed by atoms with Crippen LogP contribution in [0, 0.1) is 45.3 Å². The van der Waals surface area contributed by atoms with Crippen molar-refractivity contribution in [1.82, 2.24) is 0 Å². The van der Waals surface area contributed by atoms with E-state index in [0.29, 0.717) is 41.2 Å². The highest BCUT2D eigenvalue weighted by molar-refractivity contribution is 5.96. The average molecular weight is 557 g/mol. The number of allylic oxidation sites excluding steroid dienone is 1. The molecule has 5 rings (SSSR count). The van der Waals surface area contributed by atoms with Crippen molar-refractivity contribution in [3.8, 4) is 0 Å². The molecule has 0 aromatic rings. The molecule has 3 saturated carbocycles. The van der Waals surface area contributed by atoms with Crippen LogP contribution in [0.2, 0.25) is 0 Å². The molecule has 0 aromatic carbocycles. The molecule has 6 heteroatoms. The van der Waals surface area contributed by atoms with E-state index in [1.54, 1.807) is 0 Å².